The summed E-state index contributed by atoms with van der Waals surface area (Å²) in [4.78, 5) is 8.70. The number of hydrazine groups is 1. The van der Waals surface area contributed by atoms with Crippen LogP contribution in [0.2, 0.25) is 0 Å². The van der Waals surface area contributed by atoms with Crippen LogP contribution in [0.3, 0.4) is 0 Å². The third-order valence-electron chi connectivity index (χ3n) is 2.54. The molecule has 0 spiro atoms. The fraction of sp³-hybridized carbons (Fsp3) is 0.600. The van der Waals surface area contributed by atoms with E-state index in [0.717, 1.165) is 37.6 Å². The van der Waals surface area contributed by atoms with Gasteiger partial charge in [0.1, 0.15) is 11.6 Å². The Balaban J connectivity index is 2.09. The highest BCUT2D eigenvalue weighted by Crippen LogP contribution is 2.17. The molecule has 1 unspecified atom stereocenters. The van der Waals surface area contributed by atoms with E-state index in [1.165, 1.54) is 0 Å². The van der Waals surface area contributed by atoms with Crippen molar-refractivity contribution >= 4 is 5.82 Å². The van der Waals surface area contributed by atoms with Crippen molar-refractivity contribution in [3.8, 4) is 0 Å². The van der Waals surface area contributed by atoms with Crippen LogP contribution in [0.5, 0.6) is 0 Å². The van der Waals surface area contributed by atoms with Gasteiger partial charge in [-0.25, -0.2) is 15.8 Å². The number of ether oxygens (including phenoxy) is 1. The molecule has 1 aliphatic heterocycles. The highest BCUT2D eigenvalue weighted by molar-refractivity contribution is 5.33. The van der Waals surface area contributed by atoms with Gasteiger partial charge in [0.2, 0.25) is 0 Å². The van der Waals surface area contributed by atoms with Crippen LogP contribution in [0, 0.1) is 12.8 Å². The Morgan fingerprint density at radius 3 is 3.13 bits per heavy atom. The van der Waals surface area contributed by atoms with Crippen LogP contribution in [0.1, 0.15) is 17.9 Å². The topological polar surface area (TPSA) is 73.1 Å². The second-order valence-electron chi connectivity index (χ2n) is 3.89. The molecule has 3 N–H and O–H groups in total. The molecule has 0 amide bonds. The summed E-state index contributed by atoms with van der Waals surface area (Å²) in [6.45, 7) is 3.62. The van der Waals surface area contributed by atoms with Crippen LogP contribution in [0.15, 0.2) is 6.07 Å². The van der Waals surface area contributed by atoms with Gasteiger partial charge in [-0.3, -0.25) is 0 Å². The van der Waals surface area contributed by atoms with Crippen molar-refractivity contribution in [3.05, 3.63) is 17.6 Å². The lowest BCUT2D eigenvalue weighted by Crippen LogP contribution is -2.13. The largest absolute Gasteiger partial charge is 0.381 e. The minimum atomic E-state index is 0.553. The first-order valence-corrected chi connectivity index (χ1v) is 5.17. The third-order valence-corrected chi connectivity index (χ3v) is 2.54. The molecule has 1 atom stereocenters. The fourth-order valence-corrected chi connectivity index (χ4v) is 1.80. The predicted molar refractivity (Wildman–Crippen MR) is 57.2 cm³/mol. The van der Waals surface area contributed by atoms with Crippen LogP contribution in [-0.2, 0) is 11.2 Å². The lowest BCUT2D eigenvalue weighted by molar-refractivity contribution is 0.185. The van der Waals surface area contributed by atoms with Gasteiger partial charge in [-0.15, -0.1) is 0 Å². The van der Waals surface area contributed by atoms with Crippen molar-refractivity contribution in [2.24, 2.45) is 11.8 Å². The van der Waals surface area contributed by atoms with E-state index in [1.54, 1.807) is 0 Å². The number of hydrogen-bond acceptors (Lipinski definition) is 5. The SMILES string of the molecule is Cc1cc(NN)nc(CC2CCOC2)n1. The molecule has 0 bridgehead atoms. The zero-order valence-electron chi connectivity index (χ0n) is 8.86. The fourth-order valence-electron chi connectivity index (χ4n) is 1.80. The van der Waals surface area contributed by atoms with Crippen molar-refractivity contribution in [2.45, 2.75) is 19.8 Å². The maximum atomic E-state index is 5.33. The first-order valence-electron chi connectivity index (χ1n) is 5.17. The van der Waals surface area contributed by atoms with Gasteiger partial charge in [-0.05, 0) is 19.3 Å². The molecule has 1 saturated heterocycles. The minimum Gasteiger partial charge on any atom is -0.381 e. The Morgan fingerprint density at radius 2 is 2.47 bits per heavy atom. The number of nitrogens with zero attached hydrogens (tertiary/aromatic N) is 2. The van der Waals surface area contributed by atoms with Gasteiger partial charge in [0.15, 0.2) is 0 Å². The monoisotopic (exact) mass is 208 g/mol. The zero-order chi connectivity index (χ0) is 10.7. The van der Waals surface area contributed by atoms with Crippen molar-refractivity contribution in [1.82, 2.24) is 9.97 Å². The molecular formula is C10H16N4O. The van der Waals surface area contributed by atoms with Crippen molar-refractivity contribution in [1.29, 1.82) is 0 Å². The lowest BCUT2D eigenvalue weighted by Gasteiger charge is -2.08. The molecule has 82 valence electrons. The van der Waals surface area contributed by atoms with E-state index in [4.69, 9.17) is 10.6 Å². The lowest BCUT2D eigenvalue weighted by atomic mass is 10.0. The molecule has 1 fully saturated rings. The molecule has 5 heteroatoms. The van der Waals surface area contributed by atoms with Gasteiger partial charge >= 0.3 is 0 Å². The molecule has 0 aliphatic carbocycles. The summed E-state index contributed by atoms with van der Waals surface area (Å²) in [6, 6.07) is 1.83. The Morgan fingerprint density at radius 1 is 1.60 bits per heavy atom. The summed E-state index contributed by atoms with van der Waals surface area (Å²) in [5.41, 5.74) is 3.49. The number of nitrogen functional groups attached to an aromatic ring is 1. The molecule has 1 aliphatic rings. The van der Waals surface area contributed by atoms with Crippen LogP contribution in [-0.4, -0.2) is 23.2 Å². The standard InChI is InChI=1S/C10H16N4O/c1-7-4-10(14-11)13-9(12-7)5-8-2-3-15-6-8/h4,8H,2-3,5-6,11H2,1H3,(H,12,13,14). The highest BCUT2D eigenvalue weighted by atomic mass is 16.5. The minimum absolute atomic E-state index is 0.553. The van der Waals surface area contributed by atoms with Crippen molar-refractivity contribution in [3.63, 3.8) is 0 Å². The highest BCUT2D eigenvalue weighted by Gasteiger charge is 2.17. The molecule has 2 rings (SSSR count). The summed E-state index contributed by atoms with van der Waals surface area (Å²) in [6.07, 6.45) is 1.97. The van der Waals surface area contributed by atoms with Crippen LogP contribution >= 0.6 is 0 Å². The zero-order valence-corrected chi connectivity index (χ0v) is 8.86. The van der Waals surface area contributed by atoms with Gasteiger partial charge in [0, 0.05) is 31.4 Å². The van der Waals surface area contributed by atoms with Gasteiger partial charge in [-0.2, -0.15) is 0 Å². The molecule has 15 heavy (non-hydrogen) atoms. The predicted octanol–water partition coefficient (Wildman–Crippen LogP) is 0.650. The number of anilines is 1. The summed E-state index contributed by atoms with van der Waals surface area (Å²) in [5, 5.41) is 0. The average Bonchev–Trinajstić information content (AvgIpc) is 2.69. The summed E-state index contributed by atoms with van der Waals surface area (Å²) in [5.74, 6) is 7.41. The van der Waals surface area contributed by atoms with E-state index < -0.39 is 0 Å². The number of aryl methyl sites for hydroxylation is 1. The Kier molecular flexibility index (Phi) is 3.13. The summed E-state index contributed by atoms with van der Waals surface area (Å²) in [7, 11) is 0. The van der Waals surface area contributed by atoms with E-state index >= 15 is 0 Å². The number of nitrogens with two attached hydrogens (primary N) is 1. The maximum absolute atomic E-state index is 5.33. The summed E-state index contributed by atoms with van der Waals surface area (Å²) >= 11 is 0. The number of nitrogens with one attached hydrogen (secondary N) is 1. The van der Waals surface area contributed by atoms with E-state index in [0.29, 0.717) is 11.7 Å². The third kappa shape index (κ3) is 2.64. The first kappa shape index (κ1) is 10.3. The molecule has 0 saturated carbocycles. The quantitative estimate of drug-likeness (QED) is 0.563. The van der Waals surface area contributed by atoms with Crippen LogP contribution in [0.25, 0.3) is 0 Å². The van der Waals surface area contributed by atoms with Gasteiger partial charge in [0.25, 0.3) is 0 Å². The Labute approximate surface area is 89.0 Å². The van der Waals surface area contributed by atoms with Crippen LogP contribution < -0.4 is 11.3 Å². The van der Waals surface area contributed by atoms with Crippen molar-refractivity contribution < 1.29 is 4.74 Å². The number of hydrogen-bond donors (Lipinski definition) is 2. The van der Waals surface area contributed by atoms with Gasteiger partial charge in [0.05, 0.1) is 0 Å². The molecule has 0 radical (unpaired) electrons. The van der Waals surface area contributed by atoms with Gasteiger partial charge < -0.3 is 10.2 Å². The summed E-state index contributed by atoms with van der Waals surface area (Å²) < 4.78 is 5.32. The molecular weight excluding hydrogens is 192 g/mol. The average molecular weight is 208 g/mol. The number of rotatable bonds is 3. The van der Waals surface area contributed by atoms with Crippen molar-refractivity contribution in [2.75, 3.05) is 18.6 Å². The van der Waals surface area contributed by atoms with Gasteiger partial charge in [-0.1, -0.05) is 0 Å². The normalized spacial score (nSPS) is 20.5. The Hall–Kier alpha value is -1.20. The van der Waals surface area contributed by atoms with E-state index in [1.807, 2.05) is 13.0 Å². The van der Waals surface area contributed by atoms with E-state index in [-0.39, 0.29) is 0 Å². The maximum Gasteiger partial charge on any atom is 0.143 e. The molecule has 1 aromatic heterocycles. The smallest absolute Gasteiger partial charge is 0.143 e. The molecule has 2 heterocycles. The molecule has 1 aromatic rings. The van der Waals surface area contributed by atoms with E-state index in [9.17, 15) is 0 Å². The van der Waals surface area contributed by atoms with Crippen LogP contribution in [0.4, 0.5) is 5.82 Å². The Bertz CT molecular complexity index is 336. The second kappa shape index (κ2) is 4.55. The molecule has 0 aromatic carbocycles. The number of aromatic nitrogens is 2. The molecule has 5 nitrogen and oxygen atoms in total. The second-order valence-corrected chi connectivity index (χ2v) is 3.89. The first-order chi connectivity index (χ1) is 7.28. The van der Waals surface area contributed by atoms with E-state index in [2.05, 4.69) is 15.4 Å².